The van der Waals surface area contributed by atoms with Crippen molar-refractivity contribution in [2.75, 3.05) is 21.6 Å². The van der Waals surface area contributed by atoms with Crippen molar-refractivity contribution in [2.45, 2.75) is 6.54 Å². The van der Waals surface area contributed by atoms with Crippen molar-refractivity contribution < 1.29 is 4.79 Å². The Hall–Kier alpha value is -5.28. The second-order valence-electron chi connectivity index (χ2n) is 9.47. The molecule has 206 valence electrons. The van der Waals surface area contributed by atoms with Crippen LogP contribution in [0.3, 0.4) is 0 Å². The topological polar surface area (TPSA) is 105 Å². The summed E-state index contributed by atoms with van der Waals surface area (Å²) in [5.74, 6) is 0.390. The van der Waals surface area contributed by atoms with Gasteiger partial charge in [0, 0.05) is 52.6 Å². The second-order valence-corrected chi connectivity index (χ2v) is 10.1. The molecule has 0 spiro atoms. The standard InChI is InChI=1S/C33H27N7OS/c1-42-40-26-13-7-12-25(18-26)37-33(41)24-17-23(19-34-20-24)31-29-15-8-14-28(22-9-3-2-4-10-22)30(29)32(39-38-31)36-21-27-11-5-6-16-35-27/h2-20,40H,21H2,1H3,(H,36,39)(H,37,41). The van der Waals surface area contributed by atoms with Crippen LogP contribution < -0.4 is 15.4 Å². The third-order valence-corrected chi connectivity index (χ3v) is 7.11. The van der Waals surface area contributed by atoms with E-state index in [0.717, 1.165) is 33.3 Å². The highest BCUT2D eigenvalue weighted by Gasteiger charge is 2.17. The number of carbonyl (C=O) groups is 1. The molecule has 3 aromatic carbocycles. The van der Waals surface area contributed by atoms with Crippen LogP contribution in [0.15, 0.2) is 116 Å². The molecule has 0 radical (unpaired) electrons. The third kappa shape index (κ3) is 5.91. The average molecular weight is 570 g/mol. The largest absolute Gasteiger partial charge is 0.362 e. The first-order valence-electron chi connectivity index (χ1n) is 13.3. The van der Waals surface area contributed by atoms with Crippen molar-refractivity contribution in [2.24, 2.45) is 0 Å². The van der Waals surface area contributed by atoms with E-state index in [-0.39, 0.29) is 5.91 Å². The lowest BCUT2D eigenvalue weighted by Gasteiger charge is -2.15. The number of fused-ring (bicyclic) bond motifs is 1. The Labute approximate surface area is 247 Å². The van der Waals surface area contributed by atoms with Gasteiger partial charge >= 0.3 is 0 Å². The fraction of sp³-hybridized carbons (Fsp3) is 0.0606. The summed E-state index contributed by atoms with van der Waals surface area (Å²) in [4.78, 5) is 22.0. The number of carbonyl (C=O) groups excluding carboxylic acids is 1. The monoisotopic (exact) mass is 569 g/mol. The lowest BCUT2D eigenvalue weighted by atomic mass is 9.96. The Morgan fingerprint density at radius 3 is 2.48 bits per heavy atom. The normalized spacial score (nSPS) is 10.8. The lowest BCUT2D eigenvalue weighted by molar-refractivity contribution is 0.102. The van der Waals surface area contributed by atoms with Crippen LogP contribution in [0.5, 0.6) is 0 Å². The second kappa shape index (κ2) is 12.5. The van der Waals surface area contributed by atoms with Gasteiger partial charge in [-0.15, -0.1) is 10.2 Å². The van der Waals surface area contributed by atoms with Gasteiger partial charge in [-0.25, -0.2) is 0 Å². The van der Waals surface area contributed by atoms with Gasteiger partial charge < -0.3 is 15.4 Å². The predicted molar refractivity (Wildman–Crippen MR) is 171 cm³/mol. The molecular formula is C33H27N7OS. The molecule has 3 aromatic heterocycles. The molecule has 3 heterocycles. The molecule has 6 rings (SSSR count). The predicted octanol–water partition coefficient (Wildman–Crippen LogP) is 7.31. The highest BCUT2D eigenvalue weighted by atomic mass is 32.2. The first-order chi connectivity index (χ1) is 20.7. The van der Waals surface area contributed by atoms with Gasteiger partial charge in [0.2, 0.25) is 0 Å². The summed E-state index contributed by atoms with van der Waals surface area (Å²) in [5, 5.41) is 17.5. The minimum absolute atomic E-state index is 0.262. The molecule has 9 heteroatoms. The zero-order valence-electron chi connectivity index (χ0n) is 22.8. The molecule has 0 atom stereocenters. The van der Waals surface area contributed by atoms with Crippen LogP contribution >= 0.6 is 11.9 Å². The van der Waals surface area contributed by atoms with Gasteiger partial charge in [0.1, 0.15) is 5.69 Å². The van der Waals surface area contributed by atoms with Crippen molar-refractivity contribution in [3.63, 3.8) is 0 Å². The van der Waals surface area contributed by atoms with E-state index >= 15 is 0 Å². The highest BCUT2D eigenvalue weighted by molar-refractivity contribution is 7.99. The van der Waals surface area contributed by atoms with Crippen LogP contribution in [0.4, 0.5) is 17.2 Å². The molecule has 8 nitrogen and oxygen atoms in total. The van der Waals surface area contributed by atoms with E-state index in [1.165, 1.54) is 11.9 Å². The number of benzene rings is 3. The molecule has 0 aliphatic carbocycles. The number of anilines is 3. The fourth-order valence-corrected chi connectivity index (χ4v) is 5.12. The van der Waals surface area contributed by atoms with Gasteiger partial charge in [0.05, 0.1) is 17.8 Å². The van der Waals surface area contributed by atoms with E-state index < -0.39 is 0 Å². The number of nitrogens with one attached hydrogen (secondary N) is 3. The lowest BCUT2D eigenvalue weighted by Crippen LogP contribution is -2.12. The summed E-state index contributed by atoms with van der Waals surface area (Å²) in [7, 11) is 0. The number of hydrogen-bond donors (Lipinski definition) is 3. The molecule has 0 saturated heterocycles. The Kier molecular flexibility index (Phi) is 8.00. The molecular weight excluding hydrogens is 542 g/mol. The molecule has 3 N–H and O–H groups in total. The summed E-state index contributed by atoms with van der Waals surface area (Å²) in [5.41, 5.74) is 6.32. The minimum atomic E-state index is -0.262. The Balaban J connectivity index is 1.39. The van der Waals surface area contributed by atoms with Crippen molar-refractivity contribution in [1.29, 1.82) is 0 Å². The zero-order valence-corrected chi connectivity index (χ0v) is 23.6. The van der Waals surface area contributed by atoms with Gasteiger partial charge in [-0.05, 0) is 47.5 Å². The number of aromatic nitrogens is 4. The Morgan fingerprint density at radius 2 is 1.64 bits per heavy atom. The Morgan fingerprint density at radius 1 is 0.810 bits per heavy atom. The van der Waals surface area contributed by atoms with Gasteiger partial charge in [0.25, 0.3) is 5.91 Å². The van der Waals surface area contributed by atoms with Crippen molar-refractivity contribution >= 4 is 45.8 Å². The maximum absolute atomic E-state index is 13.2. The van der Waals surface area contributed by atoms with Gasteiger partial charge in [-0.3, -0.25) is 14.8 Å². The molecule has 0 aliphatic rings. The average Bonchev–Trinajstić information content (AvgIpc) is 3.04. The SMILES string of the molecule is CSNc1cccc(NC(=O)c2cncc(-c3nnc(NCc4ccccn4)c4c(-c5ccccc5)cccc34)c2)c1. The summed E-state index contributed by atoms with van der Waals surface area (Å²) in [6.07, 6.45) is 6.98. The van der Waals surface area contributed by atoms with Crippen LogP contribution in [0.25, 0.3) is 33.2 Å². The zero-order chi connectivity index (χ0) is 28.7. The quantitative estimate of drug-likeness (QED) is 0.156. The third-order valence-electron chi connectivity index (χ3n) is 6.67. The van der Waals surface area contributed by atoms with Crippen LogP contribution in [0.1, 0.15) is 16.1 Å². The van der Waals surface area contributed by atoms with Crippen LogP contribution in [-0.2, 0) is 6.54 Å². The van der Waals surface area contributed by atoms with E-state index in [4.69, 9.17) is 0 Å². The Bertz CT molecular complexity index is 1850. The number of nitrogens with zero attached hydrogens (tertiary/aromatic N) is 4. The number of rotatable bonds is 9. The van der Waals surface area contributed by atoms with Gasteiger partial charge in [-0.2, -0.15) is 0 Å². The number of hydrogen-bond acceptors (Lipinski definition) is 8. The molecule has 6 aromatic rings. The van der Waals surface area contributed by atoms with E-state index in [0.29, 0.717) is 34.9 Å². The highest BCUT2D eigenvalue weighted by Crippen LogP contribution is 2.37. The summed E-state index contributed by atoms with van der Waals surface area (Å²) >= 11 is 1.49. The van der Waals surface area contributed by atoms with Crippen LogP contribution in [0, 0.1) is 0 Å². The smallest absolute Gasteiger partial charge is 0.257 e. The van der Waals surface area contributed by atoms with Crippen LogP contribution in [0.2, 0.25) is 0 Å². The van der Waals surface area contributed by atoms with Gasteiger partial charge in [0.15, 0.2) is 5.82 Å². The molecule has 0 bridgehead atoms. The molecule has 1 amide bonds. The van der Waals surface area contributed by atoms with E-state index in [1.807, 2.05) is 79.1 Å². The number of amides is 1. The number of pyridine rings is 2. The van der Waals surface area contributed by atoms with Gasteiger partial charge in [-0.1, -0.05) is 72.6 Å². The summed E-state index contributed by atoms with van der Waals surface area (Å²) in [6.45, 7) is 0.498. The van der Waals surface area contributed by atoms with E-state index in [1.54, 1.807) is 24.7 Å². The molecule has 42 heavy (non-hydrogen) atoms. The van der Waals surface area contributed by atoms with E-state index in [2.05, 4.69) is 53.7 Å². The fourth-order valence-electron chi connectivity index (χ4n) is 4.76. The summed E-state index contributed by atoms with van der Waals surface area (Å²) < 4.78 is 3.18. The van der Waals surface area contributed by atoms with Crippen molar-refractivity contribution in [3.05, 3.63) is 127 Å². The maximum Gasteiger partial charge on any atom is 0.257 e. The van der Waals surface area contributed by atoms with Crippen molar-refractivity contribution in [1.82, 2.24) is 20.2 Å². The summed E-state index contributed by atoms with van der Waals surface area (Å²) in [6, 6.07) is 31.5. The maximum atomic E-state index is 13.2. The first-order valence-corrected chi connectivity index (χ1v) is 14.6. The van der Waals surface area contributed by atoms with E-state index in [9.17, 15) is 4.79 Å². The van der Waals surface area contributed by atoms with Crippen LogP contribution in [-0.4, -0.2) is 32.3 Å². The minimum Gasteiger partial charge on any atom is -0.362 e. The molecule has 0 unspecified atom stereocenters. The first kappa shape index (κ1) is 26.9. The molecule has 0 saturated carbocycles. The van der Waals surface area contributed by atoms with Crippen molar-refractivity contribution in [3.8, 4) is 22.4 Å². The molecule has 0 aliphatic heterocycles. The molecule has 0 fully saturated rings.